The van der Waals surface area contributed by atoms with Crippen LogP contribution >= 0.6 is 0 Å². The maximum Gasteiger partial charge on any atom is 0.253 e. The van der Waals surface area contributed by atoms with Crippen molar-refractivity contribution in [1.29, 1.82) is 0 Å². The summed E-state index contributed by atoms with van der Waals surface area (Å²) in [6, 6.07) is 0.298. The van der Waals surface area contributed by atoms with Gasteiger partial charge in [-0.05, 0) is 30.7 Å². The van der Waals surface area contributed by atoms with Crippen molar-refractivity contribution in [2.75, 3.05) is 6.61 Å². The van der Waals surface area contributed by atoms with Crippen LogP contribution < -0.4 is 10.6 Å². The molecule has 0 aliphatic carbocycles. The molecule has 3 N–H and O–H groups in total. The number of ketones is 1. The molecule has 2 amide bonds. The van der Waals surface area contributed by atoms with Crippen molar-refractivity contribution in [3.8, 4) is 0 Å². The molecule has 2 heterocycles. The largest absolute Gasteiger partial charge is 0.368 e. The molecule has 1 saturated heterocycles. The molecule has 1 aromatic rings. The van der Waals surface area contributed by atoms with Gasteiger partial charge in [0.25, 0.3) is 5.91 Å². The van der Waals surface area contributed by atoms with Crippen LogP contribution in [0.1, 0.15) is 50.9 Å². The predicted molar refractivity (Wildman–Crippen MR) is 97.6 cm³/mol. The first-order chi connectivity index (χ1) is 12.3. The van der Waals surface area contributed by atoms with E-state index in [2.05, 4.69) is 29.5 Å². The first-order valence-electron chi connectivity index (χ1n) is 9.21. The van der Waals surface area contributed by atoms with Gasteiger partial charge in [0.1, 0.15) is 18.7 Å². The summed E-state index contributed by atoms with van der Waals surface area (Å²) in [7, 11) is 0. The van der Waals surface area contributed by atoms with Gasteiger partial charge in [0.15, 0.2) is 5.78 Å². The van der Waals surface area contributed by atoms with Crippen molar-refractivity contribution in [1.82, 2.24) is 15.6 Å². The van der Waals surface area contributed by atoms with Crippen molar-refractivity contribution in [2.45, 2.75) is 58.7 Å². The lowest BCUT2D eigenvalue weighted by atomic mass is 9.90. The molecule has 144 valence electrons. The first-order valence-corrected chi connectivity index (χ1v) is 9.21. The van der Waals surface area contributed by atoms with E-state index in [-0.39, 0.29) is 36.2 Å². The summed E-state index contributed by atoms with van der Waals surface area (Å²) in [5.74, 6) is -0.186. The number of amides is 2. The molecule has 0 saturated carbocycles. The van der Waals surface area contributed by atoms with Crippen LogP contribution in [0.15, 0.2) is 18.5 Å². The van der Waals surface area contributed by atoms with Gasteiger partial charge in [0.2, 0.25) is 5.91 Å². The van der Waals surface area contributed by atoms with Crippen molar-refractivity contribution in [2.24, 2.45) is 11.8 Å². The van der Waals surface area contributed by atoms with Gasteiger partial charge in [-0.2, -0.15) is 0 Å². The van der Waals surface area contributed by atoms with Crippen molar-refractivity contribution < 1.29 is 19.1 Å². The van der Waals surface area contributed by atoms with Gasteiger partial charge in [0, 0.05) is 12.4 Å². The zero-order chi connectivity index (χ0) is 19.3. The second-order valence-corrected chi connectivity index (χ2v) is 7.29. The summed E-state index contributed by atoms with van der Waals surface area (Å²) in [5, 5.41) is 5.59. The molecule has 7 heteroatoms. The van der Waals surface area contributed by atoms with Crippen LogP contribution in [0.25, 0.3) is 0 Å². The number of carbonyl (C=O) groups is 3. The average molecular weight is 363 g/mol. The second kappa shape index (κ2) is 8.98. The number of hydrogen-bond donors (Lipinski definition) is 3. The van der Waals surface area contributed by atoms with Gasteiger partial charge in [0.05, 0.1) is 11.7 Å². The van der Waals surface area contributed by atoms with Crippen molar-refractivity contribution in [3.05, 3.63) is 24.0 Å². The van der Waals surface area contributed by atoms with Crippen LogP contribution in [0, 0.1) is 11.8 Å². The summed E-state index contributed by atoms with van der Waals surface area (Å²) in [4.78, 5) is 40.1. The Morgan fingerprint density at radius 1 is 1.35 bits per heavy atom. The van der Waals surface area contributed by atoms with E-state index in [1.165, 1.54) is 0 Å². The van der Waals surface area contributed by atoms with E-state index in [0.717, 1.165) is 0 Å². The van der Waals surface area contributed by atoms with E-state index in [4.69, 9.17) is 4.74 Å². The number of aromatic amines is 1. The van der Waals surface area contributed by atoms with Gasteiger partial charge < -0.3 is 20.4 Å². The Balaban J connectivity index is 2.09. The van der Waals surface area contributed by atoms with E-state index in [0.29, 0.717) is 24.3 Å². The lowest BCUT2D eigenvalue weighted by Crippen LogP contribution is -2.53. The zero-order valence-corrected chi connectivity index (χ0v) is 15.9. The number of rotatable bonds is 8. The maximum absolute atomic E-state index is 12.8. The maximum atomic E-state index is 12.8. The van der Waals surface area contributed by atoms with E-state index in [1.807, 2.05) is 13.8 Å². The van der Waals surface area contributed by atoms with Gasteiger partial charge >= 0.3 is 0 Å². The van der Waals surface area contributed by atoms with Gasteiger partial charge in [-0.1, -0.05) is 27.7 Å². The third-order valence-electron chi connectivity index (χ3n) is 5.09. The molecule has 1 fully saturated rings. The molecular weight excluding hydrogens is 334 g/mol. The lowest BCUT2D eigenvalue weighted by molar-refractivity contribution is -0.128. The highest BCUT2D eigenvalue weighted by Crippen LogP contribution is 2.18. The van der Waals surface area contributed by atoms with E-state index in [9.17, 15) is 14.4 Å². The van der Waals surface area contributed by atoms with E-state index < -0.39 is 12.1 Å². The van der Waals surface area contributed by atoms with Crippen LogP contribution in [0.3, 0.4) is 0 Å². The number of H-pyrrole nitrogens is 1. The van der Waals surface area contributed by atoms with Crippen LogP contribution in [0.2, 0.25) is 0 Å². The minimum absolute atomic E-state index is 0.0201. The van der Waals surface area contributed by atoms with Crippen molar-refractivity contribution in [3.63, 3.8) is 0 Å². The van der Waals surface area contributed by atoms with Crippen LogP contribution in [0.4, 0.5) is 0 Å². The molecule has 4 atom stereocenters. The smallest absolute Gasteiger partial charge is 0.253 e. The van der Waals surface area contributed by atoms with Gasteiger partial charge in [-0.15, -0.1) is 0 Å². The molecule has 0 spiro atoms. The number of Topliss-reactive ketones (excluding diaryl/α,β-unsaturated/α-hetero) is 1. The quantitative estimate of drug-likeness (QED) is 0.654. The number of ether oxygens (including phenoxy) is 1. The Morgan fingerprint density at radius 2 is 2.08 bits per heavy atom. The third kappa shape index (κ3) is 4.94. The molecular formula is C19H29N3O4. The van der Waals surface area contributed by atoms with Crippen LogP contribution in [-0.2, 0) is 14.3 Å². The summed E-state index contributed by atoms with van der Waals surface area (Å²) in [6.07, 6.45) is 4.06. The highest BCUT2D eigenvalue weighted by atomic mass is 16.5. The van der Waals surface area contributed by atoms with E-state index >= 15 is 0 Å². The first kappa shape index (κ1) is 20.2. The normalized spacial score (nSPS) is 22.3. The molecule has 0 aromatic carbocycles. The molecule has 4 unspecified atom stereocenters. The summed E-state index contributed by atoms with van der Waals surface area (Å²) >= 11 is 0. The number of hydrogen-bond acceptors (Lipinski definition) is 4. The van der Waals surface area contributed by atoms with Gasteiger partial charge in [-0.25, -0.2) is 0 Å². The monoisotopic (exact) mass is 363 g/mol. The van der Waals surface area contributed by atoms with Crippen LogP contribution in [-0.4, -0.2) is 47.4 Å². The molecule has 1 aliphatic rings. The van der Waals surface area contributed by atoms with Crippen LogP contribution in [0.5, 0.6) is 0 Å². The Hall–Kier alpha value is -2.15. The Kier molecular flexibility index (Phi) is 6.97. The fourth-order valence-corrected chi connectivity index (χ4v) is 2.95. The second-order valence-electron chi connectivity index (χ2n) is 7.29. The molecule has 26 heavy (non-hydrogen) atoms. The third-order valence-corrected chi connectivity index (χ3v) is 5.09. The van der Waals surface area contributed by atoms with Crippen molar-refractivity contribution >= 4 is 17.6 Å². The standard InChI is InChI=1S/C19H29N3O4/c1-5-16-17(15(23)10-26-16)22-19(25)14(8-12(4)11(2)3)21-18(24)13-6-7-20-9-13/h6-7,9,11-12,14,16-17,20H,5,8,10H2,1-4H3,(H,21,24)(H,22,25). The number of aromatic nitrogens is 1. The summed E-state index contributed by atoms with van der Waals surface area (Å²) < 4.78 is 5.41. The number of carbonyl (C=O) groups excluding carboxylic acids is 3. The lowest BCUT2D eigenvalue weighted by Gasteiger charge is -2.26. The highest BCUT2D eigenvalue weighted by molar-refractivity contribution is 5.98. The molecule has 1 aliphatic heterocycles. The summed E-state index contributed by atoms with van der Waals surface area (Å²) in [6.45, 7) is 8.14. The van der Waals surface area contributed by atoms with Gasteiger partial charge in [-0.3, -0.25) is 14.4 Å². The summed E-state index contributed by atoms with van der Waals surface area (Å²) in [5.41, 5.74) is 0.465. The average Bonchev–Trinajstić information content (AvgIpc) is 3.24. The van der Waals surface area contributed by atoms with E-state index in [1.54, 1.807) is 18.5 Å². The molecule has 2 rings (SSSR count). The topological polar surface area (TPSA) is 100 Å². The Bertz CT molecular complexity index is 627. The minimum Gasteiger partial charge on any atom is -0.368 e. The SMILES string of the molecule is CCC1OCC(=O)C1NC(=O)C(CC(C)C(C)C)NC(=O)c1cc[nH]c1. The fourth-order valence-electron chi connectivity index (χ4n) is 2.95. The molecule has 0 bridgehead atoms. The number of nitrogens with one attached hydrogen (secondary N) is 3. The molecule has 7 nitrogen and oxygen atoms in total. The fraction of sp³-hybridized carbons (Fsp3) is 0.632. The Morgan fingerprint density at radius 3 is 2.65 bits per heavy atom. The predicted octanol–water partition coefficient (Wildman–Crippen LogP) is 1.66. The molecule has 0 radical (unpaired) electrons. The minimum atomic E-state index is -0.708. The zero-order valence-electron chi connectivity index (χ0n) is 15.9. The Labute approximate surface area is 154 Å². The molecule has 1 aromatic heterocycles. The highest BCUT2D eigenvalue weighted by Gasteiger charge is 2.37.